The van der Waals surface area contributed by atoms with Gasteiger partial charge in [-0.05, 0) is 30.4 Å². The highest BCUT2D eigenvalue weighted by atomic mass is 19.4. The molecular formula is C18H25F3N2O2. The second kappa shape index (κ2) is 8.56. The summed E-state index contributed by atoms with van der Waals surface area (Å²) in [5, 5.41) is 3.15. The third kappa shape index (κ3) is 5.92. The van der Waals surface area contributed by atoms with Crippen molar-refractivity contribution in [2.45, 2.75) is 45.5 Å². The Bertz CT molecular complexity index is 576. The molecule has 1 fully saturated rings. The Labute approximate surface area is 146 Å². The maximum absolute atomic E-state index is 13.0. The van der Waals surface area contributed by atoms with Crippen molar-refractivity contribution in [1.29, 1.82) is 0 Å². The first-order valence-electron chi connectivity index (χ1n) is 8.57. The summed E-state index contributed by atoms with van der Waals surface area (Å²) in [5.41, 5.74) is -0.402. The number of piperidine rings is 1. The molecule has 140 valence electrons. The van der Waals surface area contributed by atoms with Crippen LogP contribution in [0, 0.1) is 5.92 Å². The van der Waals surface area contributed by atoms with E-state index in [4.69, 9.17) is 4.74 Å². The average Bonchev–Trinajstić information content (AvgIpc) is 2.57. The fraction of sp³-hybridized carbons (Fsp3) is 0.611. The lowest BCUT2D eigenvalue weighted by atomic mass is 10.0. The fourth-order valence-electron chi connectivity index (χ4n) is 2.84. The second-order valence-corrected chi connectivity index (χ2v) is 6.79. The zero-order chi connectivity index (χ0) is 18.4. The number of ether oxygens (including phenoxy) is 1. The van der Waals surface area contributed by atoms with Crippen LogP contribution in [0.5, 0.6) is 0 Å². The topological polar surface area (TPSA) is 41.6 Å². The van der Waals surface area contributed by atoms with Gasteiger partial charge in [0.2, 0.25) is 0 Å². The fourth-order valence-corrected chi connectivity index (χ4v) is 2.84. The van der Waals surface area contributed by atoms with Crippen molar-refractivity contribution in [1.82, 2.24) is 10.2 Å². The first kappa shape index (κ1) is 19.6. The van der Waals surface area contributed by atoms with Crippen molar-refractivity contribution in [3.63, 3.8) is 0 Å². The largest absolute Gasteiger partial charge is 0.449 e. The number of rotatable bonds is 5. The summed E-state index contributed by atoms with van der Waals surface area (Å²) in [7, 11) is 0. The summed E-state index contributed by atoms with van der Waals surface area (Å²) in [6, 6.07) is 5.52. The lowest BCUT2D eigenvalue weighted by molar-refractivity contribution is -0.138. The van der Waals surface area contributed by atoms with E-state index < -0.39 is 11.7 Å². The maximum Gasteiger partial charge on any atom is 0.416 e. The Kier molecular flexibility index (Phi) is 6.70. The van der Waals surface area contributed by atoms with Crippen LogP contribution in [-0.2, 0) is 17.5 Å². The van der Waals surface area contributed by atoms with Crippen LogP contribution in [0.1, 0.15) is 37.8 Å². The number of carbonyl (C=O) groups is 1. The van der Waals surface area contributed by atoms with Crippen LogP contribution in [0.3, 0.4) is 0 Å². The molecule has 1 aliphatic heterocycles. The van der Waals surface area contributed by atoms with Crippen LogP contribution in [0.2, 0.25) is 0 Å². The number of likely N-dealkylation sites (tertiary alicyclic amines) is 1. The highest BCUT2D eigenvalue weighted by Gasteiger charge is 2.33. The van der Waals surface area contributed by atoms with E-state index in [0.717, 1.165) is 18.9 Å². The Morgan fingerprint density at radius 3 is 2.76 bits per heavy atom. The molecule has 0 unspecified atom stereocenters. The number of carbonyl (C=O) groups excluding carboxylic acids is 1. The molecule has 1 saturated heterocycles. The van der Waals surface area contributed by atoms with E-state index in [1.807, 2.05) is 13.8 Å². The summed E-state index contributed by atoms with van der Waals surface area (Å²) < 4.78 is 44.3. The van der Waals surface area contributed by atoms with Gasteiger partial charge in [-0.2, -0.15) is 13.2 Å². The molecule has 4 nitrogen and oxygen atoms in total. The molecule has 1 aromatic rings. The van der Waals surface area contributed by atoms with E-state index in [0.29, 0.717) is 19.7 Å². The van der Waals surface area contributed by atoms with E-state index in [1.165, 1.54) is 12.1 Å². The van der Waals surface area contributed by atoms with Gasteiger partial charge in [-0.1, -0.05) is 32.0 Å². The SMILES string of the molecule is CC(C)COC(=O)N1CCC[C@H](NCc2ccccc2C(F)(F)F)C1. The van der Waals surface area contributed by atoms with Crippen LogP contribution in [0.4, 0.5) is 18.0 Å². The first-order valence-corrected chi connectivity index (χ1v) is 8.57. The number of alkyl halides is 3. The molecule has 0 bridgehead atoms. The molecule has 1 amide bonds. The van der Waals surface area contributed by atoms with Crippen molar-refractivity contribution in [2.24, 2.45) is 5.92 Å². The molecule has 0 aromatic heterocycles. The van der Waals surface area contributed by atoms with E-state index in [2.05, 4.69) is 5.32 Å². The van der Waals surface area contributed by atoms with Crippen LogP contribution in [0.15, 0.2) is 24.3 Å². The molecule has 0 spiro atoms. The molecule has 2 rings (SSSR count). The molecule has 1 aromatic carbocycles. The highest BCUT2D eigenvalue weighted by Crippen LogP contribution is 2.31. The van der Waals surface area contributed by atoms with Crippen molar-refractivity contribution in [3.8, 4) is 0 Å². The molecule has 1 N–H and O–H groups in total. The zero-order valence-corrected chi connectivity index (χ0v) is 14.6. The van der Waals surface area contributed by atoms with Gasteiger partial charge >= 0.3 is 12.3 Å². The van der Waals surface area contributed by atoms with Crippen molar-refractivity contribution in [2.75, 3.05) is 19.7 Å². The lowest BCUT2D eigenvalue weighted by Gasteiger charge is -2.33. The number of hydrogen-bond donors (Lipinski definition) is 1. The number of nitrogens with zero attached hydrogens (tertiary/aromatic N) is 1. The van der Waals surface area contributed by atoms with Gasteiger partial charge in [0.05, 0.1) is 12.2 Å². The van der Waals surface area contributed by atoms with Crippen LogP contribution >= 0.6 is 0 Å². The maximum atomic E-state index is 13.0. The van der Waals surface area contributed by atoms with Gasteiger partial charge in [-0.25, -0.2) is 4.79 Å². The molecule has 0 radical (unpaired) electrons. The third-order valence-electron chi connectivity index (χ3n) is 4.12. The number of halogens is 3. The molecule has 1 heterocycles. The molecule has 0 aliphatic carbocycles. The standard InChI is InChI=1S/C18H25F3N2O2/c1-13(2)12-25-17(24)23-9-5-7-15(11-23)22-10-14-6-3-4-8-16(14)18(19,20)21/h3-4,6,8,13,15,22H,5,7,9-12H2,1-2H3/t15-/m0/s1. The molecule has 1 atom stereocenters. The van der Waals surface area contributed by atoms with Gasteiger partial charge < -0.3 is 15.0 Å². The first-order chi connectivity index (χ1) is 11.8. The second-order valence-electron chi connectivity index (χ2n) is 6.79. The summed E-state index contributed by atoms with van der Waals surface area (Å²) in [4.78, 5) is 13.7. The van der Waals surface area contributed by atoms with Crippen molar-refractivity contribution >= 4 is 6.09 Å². The average molecular weight is 358 g/mol. The minimum Gasteiger partial charge on any atom is -0.449 e. The molecular weight excluding hydrogens is 333 g/mol. The summed E-state index contributed by atoms with van der Waals surface area (Å²) in [6.07, 6.45) is -3.09. The van der Waals surface area contributed by atoms with Gasteiger partial charge in [-0.15, -0.1) is 0 Å². The number of benzene rings is 1. The molecule has 7 heteroatoms. The van der Waals surface area contributed by atoms with Crippen molar-refractivity contribution < 1.29 is 22.7 Å². The van der Waals surface area contributed by atoms with Gasteiger partial charge in [0.1, 0.15) is 0 Å². The Balaban J connectivity index is 1.90. The van der Waals surface area contributed by atoms with Crippen LogP contribution < -0.4 is 5.32 Å². The molecule has 25 heavy (non-hydrogen) atoms. The minimum absolute atomic E-state index is 0.0401. The van der Waals surface area contributed by atoms with Crippen LogP contribution in [-0.4, -0.2) is 36.7 Å². The Morgan fingerprint density at radius 2 is 2.08 bits per heavy atom. The summed E-state index contributed by atoms with van der Waals surface area (Å²) in [6.45, 7) is 5.48. The van der Waals surface area contributed by atoms with Gasteiger partial charge in [0, 0.05) is 25.7 Å². The number of hydrogen-bond acceptors (Lipinski definition) is 3. The number of amides is 1. The van der Waals surface area contributed by atoms with Crippen molar-refractivity contribution in [3.05, 3.63) is 35.4 Å². The Morgan fingerprint density at radius 1 is 1.36 bits per heavy atom. The lowest BCUT2D eigenvalue weighted by Crippen LogP contribution is -2.48. The Hall–Kier alpha value is -1.76. The number of nitrogens with one attached hydrogen (secondary N) is 1. The van der Waals surface area contributed by atoms with Crippen LogP contribution in [0.25, 0.3) is 0 Å². The van der Waals surface area contributed by atoms with E-state index in [1.54, 1.807) is 11.0 Å². The van der Waals surface area contributed by atoms with Gasteiger partial charge in [0.25, 0.3) is 0 Å². The van der Waals surface area contributed by atoms with E-state index in [9.17, 15) is 18.0 Å². The molecule has 0 saturated carbocycles. The predicted molar refractivity (Wildman–Crippen MR) is 89.1 cm³/mol. The quantitative estimate of drug-likeness (QED) is 0.863. The highest BCUT2D eigenvalue weighted by molar-refractivity contribution is 5.67. The molecule has 1 aliphatic rings. The predicted octanol–water partition coefficient (Wildman–Crippen LogP) is 4.05. The smallest absolute Gasteiger partial charge is 0.416 e. The van der Waals surface area contributed by atoms with E-state index >= 15 is 0 Å². The monoisotopic (exact) mass is 358 g/mol. The summed E-state index contributed by atoms with van der Waals surface area (Å²) in [5.74, 6) is 0.265. The minimum atomic E-state index is -4.36. The zero-order valence-electron chi connectivity index (χ0n) is 14.6. The van der Waals surface area contributed by atoms with Gasteiger partial charge in [-0.3, -0.25) is 0 Å². The van der Waals surface area contributed by atoms with Gasteiger partial charge in [0.15, 0.2) is 0 Å². The summed E-state index contributed by atoms with van der Waals surface area (Å²) >= 11 is 0. The van der Waals surface area contributed by atoms with E-state index in [-0.39, 0.29) is 30.2 Å². The third-order valence-corrected chi connectivity index (χ3v) is 4.12. The normalized spacial score (nSPS) is 18.5.